The van der Waals surface area contributed by atoms with Crippen LogP contribution < -0.4 is 12.4 Å². The Kier molecular flexibility index (Phi) is 3.55. The van der Waals surface area contributed by atoms with Crippen LogP contribution in [0.3, 0.4) is 0 Å². The molecule has 2 aromatic rings. The van der Waals surface area contributed by atoms with Gasteiger partial charge in [-0.2, -0.15) is 0 Å². The van der Waals surface area contributed by atoms with Crippen LogP contribution in [0, 0.1) is 0 Å². The average Bonchev–Trinajstić information content (AvgIpc) is 2.74. The van der Waals surface area contributed by atoms with E-state index < -0.39 is 0 Å². The van der Waals surface area contributed by atoms with Crippen LogP contribution >= 0.6 is 0 Å². The van der Waals surface area contributed by atoms with Crippen molar-refractivity contribution in [2.24, 2.45) is 0 Å². The van der Waals surface area contributed by atoms with Crippen molar-refractivity contribution in [3.05, 3.63) is 35.5 Å². The molecule has 0 amide bonds. The molecule has 1 N–H and O–H groups in total. The standard InChI is InChI=1S/C17H22N2.ClH/c1-17-10-4-5-11-19(17)12-6-8-14-13-7-2-3-9-15(13)18-16(14)17;/h2-3,7,9,18H,4-6,8,10-12H2,1H3;1H. The predicted octanol–water partition coefficient (Wildman–Crippen LogP) is 0.932. The number of aryl methyl sites for hydroxylation is 1. The van der Waals surface area contributed by atoms with Crippen LogP contribution in [-0.4, -0.2) is 23.0 Å². The molecular formula is C17H23ClN2. The maximum atomic E-state index is 3.75. The molecule has 1 unspecified atom stereocenters. The largest absolute Gasteiger partial charge is 1.00 e. The fourth-order valence-electron chi connectivity index (χ4n) is 4.18. The zero-order valence-corrected chi connectivity index (χ0v) is 12.8. The zero-order valence-electron chi connectivity index (χ0n) is 13.1. The van der Waals surface area contributed by atoms with E-state index in [1.165, 1.54) is 61.8 Å². The van der Waals surface area contributed by atoms with Crippen LogP contribution in [-0.2, 0) is 12.0 Å². The predicted molar refractivity (Wildman–Crippen MR) is 80.5 cm³/mol. The molecule has 3 heterocycles. The summed E-state index contributed by atoms with van der Waals surface area (Å²) in [4.78, 5) is 6.47. The fraction of sp³-hybridized carbons (Fsp3) is 0.529. The van der Waals surface area contributed by atoms with E-state index in [-0.39, 0.29) is 19.4 Å². The van der Waals surface area contributed by atoms with Gasteiger partial charge in [0.25, 0.3) is 0 Å². The van der Waals surface area contributed by atoms with Gasteiger partial charge in [0, 0.05) is 16.6 Å². The van der Waals surface area contributed by atoms with Crippen molar-refractivity contribution in [1.82, 2.24) is 9.88 Å². The molecule has 2 aliphatic rings. The Labute approximate surface area is 128 Å². The number of rotatable bonds is 0. The van der Waals surface area contributed by atoms with Crippen molar-refractivity contribution in [3.63, 3.8) is 0 Å². The Morgan fingerprint density at radius 3 is 2.85 bits per heavy atom. The highest BCUT2D eigenvalue weighted by Gasteiger charge is 2.40. The molecule has 2 aliphatic heterocycles. The summed E-state index contributed by atoms with van der Waals surface area (Å²) in [6.45, 7) is 4.98. The summed E-state index contributed by atoms with van der Waals surface area (Å²) in [5.74, 6) is 0. The third-order valence-electron chi connectivity index (χ3n) is 5.25. The highest BCUT2D eigenvalue weighted by atomic mass is 35.5. The Bertz CT molecular complexity index is 624. The second kappa shape index (κ2) is 5.09. The molecular weight excluding hydrogens is 268 g/mol. The second-order valence-electron chi connectivity index (χ2n) is 6.35. The summed E-state index contributed by atoms with van der Waals surface area (Å²) >= 11 is 0. The topological polar surface area (TPSA) is 19.0 Å². The molecule has 20 heavy (non-hydrogen) atoms. The van der Waals surface area contributed by atoms with Crippen LogP contribution in [0.15, 0.2) is 24.3 Å². The van der Waals surface area contributed by atoms with Crippen molar-refractivity contribution in [2.45, 2.75) is 44.6 Å². The van der Waals surface area contributed by atoms with E-state index in [1.54, 1.807) is 5.56 Å². The Morgan fingerprint density at radius 2 is 1.95 bits per heavy atom. The summed E-state index contributed by atoms with van der Waals surface area (Å²) in [7, 11) is 0. The molecule has 0 aliphatic carbocycles. The highest BCUT2D eigenvalue weighted by molar-refractivity contribution is 5.85. The molecule has 0 spiro atoms. The van der Waals surface area contributed by atoms with E-state index in [4.69, 9.17) is 0 Å². The minimum atomic E-state index is 0. The maximum Gasteiger partial charge on any atom is 1.00 e. The first-order valence-corrected chi connectivity index (χ1v) is 7.64. The van der Waals surface area contributed by atoms with E-state index in [2.05, 4.69) is 41.1 Å². The summed E-state index contributed by atoms with van der Waals surface area (Å²) < 4.78 is 0. The van der Waals surface area contributed by atoms with Gasteiger partial charge < -0.3 is 17.4 Å². The SMILES string of the molecule is CC12CCCCN1CCCc1c2[nH]c2ccccc12.[Cl-].[H+]. The maximum absolute atomic E-state index is 3.75. The Morgan fingerprint density at radius 1 is 1.15 bits per heavy atom. The van der Waals surface area contributed by atoms with Crippen LogP contribution in [0.25, 0.3) is 10.9 Å². The van der Waals surface area contributed by atoms with Gasteiger partial charge in [-0.15, -0.1) is 0 Å². The van der Waals surface area contributed by atoms with E-state index in [0.717, 1.165) is 0 Å². The van der Waals surface area contributed by atoms with E-state index in [1.807, 2.05) is 0 Å². The van der Waals surface area contributed by atoms with Crippen LogP contribution in [0.4, 0.5) is 0 Å². The summed E-state index contributed by atoms with van der Waals surface area (Å²) in [6.07, 6.45) is 6.55. The average molecular weight is 291 g/mol. The minimum Gasteiger partial charge on any atom is -1.00 e. The van der Waals surface area contributed by atoms with E-state index in [9.17, 15) is 0 Å². The number of hydrogen-bond donors (Lipinski definition) is 1. The summed E-state index contributed by atoms with van der Waals surface area (Å²) in [5.41, 5.74) is 4.65. The normalized spacial score (nSPS) is 26.4. The van der Waals surface area contributed by atoms with Gasteiger partial charge in [0.15, 0.2) is 0 Å². The van der Waals surface area contributed by atoms with Gasteiger partial charge in [-0.25, -0.2) is 0 Å². The highest BCUT2D eigenvalue weighted by Crippen LogP contribution is 2.42. The lowest BCUT2D eigenvalue weighted by Crippen LogP contribution is -3.00. The third kappa shape index (κ3) is 1.89. The van der Waals surface area contributed by atoms with Gasteiger partial charge in [0.05, 0.1) is 5.54 Å². The summed E-state index contributed by atoms with van der Waals surface area (Å²) in [5, 5.41) is 1.45. The van der Waals surface area contributed by atoms with Crippen molar-refractivity contribution < 1.29 is 13.8 Å². The number of aromatic nitrogens is 1. The van der Waals surface area contributed by atoms with Gasteiger partial charge in [0.1, 0.15) is 0 Å². The smallest absolute Gasteiger partial charge is 1.00 e. The number of para-hydroxylation sites is 1. The second-order valence-corrected chi connectivity index (χ2v) is 6.35. The number of nitrogens with one attached hydrogen (secondary N) is 1. The van der Waals surface area contributed by atoms with Gasteiger partial charge >= 0.3 is 1.43 Å². The molecule has 1 fully saturated rings. The monoisotopic (exact) mass is 290 g/mol. The van der Waals surface area contributed by atoms with Gasteiger partial charge in [0.2, 0.25) is 0 Å². The molecule has 1 aromatic carbocycles. The lowest BCUT2D eigenvalue weighted by atomic mass is 9.84. The third-order valence-corrected chi connectivity index (χ3v) is 5.25. The van der Waals surface area contributed by atoms with Crippen LogP contribution in [0.1, 0.15) is 45.3 Å². The first kappa shape index (κ1) is 14.0. The number of H-pyrrole nitrogens is 1. The zero-order chi connectivity index (χ0) is 12.9. The van der Waals surface area contributed by atoms with E-state index in [0.29, 0.717) is 0 Å². The van der Waals surface area contributed by atoms with Crippen LogP contribution in [0.5, 0.6) is 0 Å². The first-order valence-electron chi connectivity index (χ1n) is 7.64. The molecule has 1 saturated heterocycles. The number of hydrogen-bond acceptors (Lipinski definition) is 1. The molecule has 0 saturated carbocycles. The molecule has 4 rings (SSSR count). The van der Waals surface area contributed by atoms with E-state index >= 15 is 0 Å². The molecule has 2 nitrogen and oxygen atoms in total. The number of aromatic amines is 1. The first-order chi connectivity index (χ1) is 9.29. The Balaban J connectivity index is 0.000000807. The lowest BCUT2D eigenvalue weighted by Gasteiger charge is -2.44. The lowest BCUT2D eigenvalue weighted by molar-refractivity contribution is -0.00000456. The molecule has 0 bridgehead atoms. The minimum absolute atomic E-state index is 0. The number of fused-ring (bicyclic) bond motifs is 5. The molecule has 0 radical (unpaired) electrons. The molecule has 1 aromatic heterocycles. The Hall–Kier alpha value is -0.990. The summed E-state index contributed by atoms with van der Waals surface area (Å²) in [6, 6.07) is 8.81. The van der Waals surface area contributed by atoms with Crippen molar-refractivity contribution in [3.8, 4) is 0 Å². The van der Waals surface area contributed by atoms with Gasteiger partial charge in [-0.1, -0.05) is 18.2 Å². The number of halogens is 1. The van der Waals surface area contributed by atoms with Crippen molar-refractivity contribution in [2.75, 3.05) is 13.1 Å². The fourth-order valence-corrected chi connectivity index (χ4v) is 4.18. The molecule has 3 heteroatoms. The number of nitrogens with zero attached hydrogens (tertiary/aromatic N) is 1. The quantitative estimate of drug-likeness (QED) is 0.765. The van der Waals surface area contributed by atoms with Gasteiger partial charge in [-0.05, 0) is 63.7 Å². The van der Waals surface area contributed by atoms with Crippen LogP contribution in [0.2, 0.25) is 0 Å². The van der Waals surface area contributed by atoms with Gasteiger partial charge in [-0.3, -0.25) is 4.90 Å². The molecule has 1 atom stereocenters. The number of benzene rings is 1. The van der Waals surface area contributed by atoms with Crippen molar-refractivity contribution in [1.29, 1.82) is 0 Å². The molecule has 108 valence electrons. The number of piperidine rings is 1. The van der Waals surface area contributed by atoms with Crippen molar-refractivity contribution >= 4 is 10.9 Å².